The van der Waals surface area contributed by atoms with Gasteiger partial charge in [0, 0.05) is 34.7 Å². The number of hydrogen-bond donors (Lipinski definition) is 1. The van der Waals surface area contributed by atoms with Gasteiger partial charge in [-0.1, -0.05) is 41.9 Å². The van der Waals surface area contributed by atoms with Gasteiger partial charge in [-0.3, -0.25) is 9.59 Å². The average Bonchev–Trinajstić information content (AvgIpc) is 2.61. The van der Waals surface area contributed by atoms with Crippen molar-refractivity contribution in [3.05, 3.63) is 98.4 Å². The van der Waals surface area contributed by atoms with Gasteiger partial charge in [-0.2, -0.15) is 0 Å². The molecule has 0 saturated carbocycles. The SMILES string of the molecule is Cc1cc(=O)c(C(=O)Nc2ccc(Cl)cc2)c(C)n1Cc1ccccc1. The second kappa shape index (κ2) is 7.58. The lowest BCUT2D eigenvalue weighted by Gasteiger charge is -2.17. The van der Waals surface area contributed by atoms with Crippen molar-refractivity contribution in [2.24, 2.45) is 0 Å². The lowest BCUT2D eigenvalue weighted by Crippen LogP contribution is -2.27. The normalized spacial score (nSPS) is 10.6. The van der Waals surface area contributed by atoms with Gasteiger partial charge in [0.2, 0.25) is 0 Å². The first-order chi connectivity index (χ1) is 12.5. The van der Waals surface area contributed by atoms with Crippen LogP contribution >= 0.6 is 11.6 Å². The molecule has 5 heteroatoms. The minimum Gasteiger partial charge on any atom is -0.344 e. The van der Waals surface area contributed by atoms with Crippen LogP contribution in [0.4, 0.5) is 5.69 Å². The number of anilines is 1. The van der Waals surface area contributed by atoms with Crippen molar-refractivity contribution in [2.75, 3.05) is 5.32 Å². The average molecular weight is 367 g/mol. The molecule has 3 aromatic rings. The maximum Gasteiger partial charge on any atom is 0.261 e. The molecule has 0 spiro atoms. The number of nitrogens with one attached hydrogen (secondary N) is 1. The van der Waals surface area contributed by atoms with E-state index in [0.717, 1.165) is 11.3 Å². The number of amides is 1. The van der Waals surface area contributed by atoms with E-state index in [2.05, 4.69) is 5.32 Å². The summed E-state index contributed by atoms with van der Waals surface area (Å²) in [5, 5.41) is 3.35. The van der Waals surface area contributed by atoms with Crippen LogP contribution in [-0.4, -0.2) is 10.5 Å². The molecule has 0 atom stereocenters. The Labute approximate surface area is 157 Å². The number of halogens is 1. The third-order valence-corrected chi connectivity index (χ3v) is 4.54. The van der Waals surface area contributed by atoms with Gasteiger partial charge in [0.05, 0.1) is 0 Å². The van der Waals surface area contributed by atoms with Crippen LogP contribution in [0.15, 0.2) is 65.5 Å². The van der Waals surface area contributed by atoms with E-state index in [0.29, 0.717) is 22.9 Å². The first kappa shape index (κ1) is 18.0. The van der Waals surface area contributed by atoms with Gasteiger partial charge < -0.3 is 9.88 Å². The zero-order valence-electron chi connectivity index (χ0n) is 14.6. The van der Waals surface area contributed by atoms with E-state index < -0.39 is 5.91 Å². The van der Waals surface area contributed by atoms with Crippen LogP contribution < -0.4 is 10.7 Å². The van der Waals surface area contributed by atoms with Gasteiger partial charge in [0.1, 0.15) is 5.56 Å². The zero-order chi connectivity index (χ0) is 18.7. The number of pyridine rings is 1. The molecule has 4 nitrogen and oxygen atoms in total. The quantitative estimate of drug-likeness (QED) is 0.743. The number of aryl methyl sites for hydroxylation is 1. The third-order valence-electron chi connectivity index (χ3n) is 4.29. The van der Waals surface area contributed by atoms with Gasteiger partial charge in [-0.05, 0) is 43.7 Å². The Balaban J connectivity index is 1.96. The van der Waals surface area contributed by atoms with E-state index in [4.69, 9.17) is 11.6 Å². The molecular weight excluding hydrogens is 348 g/mol. The third kappa shape index (κ3) is 3.86. The molecule has 1 heterocycles. The molecule has 1 N–H and O–H groups in total. The summed E-state index contributed by atoms with van der Waals surface area (Å²) in [6, 6.07) is 18.2. The van der Waals surface area contributed by atoms with Crippen LogP contribution in [0.5, 0.6) is 0 Å². The Morgan fingerprint density at radius 3 is 2.35 bits per heavy atom. The van der Waals surface area contributed by atoms with E-state index in [-0.39, 0.29) is 11.0 Å². The van der Waals surface area contributed by atoms with Crippen molar-refractivity contribution < 1.29 is 4.79 Å². The van der Waals surface area contributed by atoms with Crippen molar-refractivity contribution in [1.29, 1.82) is 0 Å². The maximum atomic E-state index is 12.7. The van der Waals surface area contributed by atoms with Crippen molar-refractivity contribution in [3.8, 4) is 0 Å². The van der Waals surface area contributed by atoms with Crippen LogP contribution in [0.1, 0.15) is 27.3 Å². The topological polar surface area (TPSA) is 51.1 Å². The highest BCUT2D eigenvalue weighted by molar-refractivity contribution is 6.30. The second-order valence-electron chi connectivity index (χ2n) is 6.14. The van der Waals surface area contributed by atoms with Gasteiger partial charge in [0.15, 0.2) is 5.43 Å². The van der Waals surface area contributed by atoms with Crippen LogP contribution in [0, 0.1) is 13.8 Å². The number of aromatic nitrogens is 1. The highest BCUT2D eigenvalue weighted by atomic mass is 35.5. The summed E-state index contributed by atoms with van der Waals surface area (Å²) in [6.45, 7) is 4.27. The molecule has 26 heavy (non-hydrogen) atoms. The van der Waals surface area contributed by atoms with Gasteiger partial charge in [-0.25, -0.2) is 0 Å². The Hall–Kier alpha value is -2.85. The molecule has 2 aromatic carbocycles. The smallest absolute Gasteiger partial charge is 0.261 e. The van der Waals surface area contributed by atoms with Crippen molar-refractivity contribution in [3.63, 3.8) is 0 Å². The number of carbonyl (C=O) groups excluding carboxylic acids is 1. The monoisotopic (exact) mass is 366 g/mol. The molecule has 0 aliphatic rings. The summed E-state index contributed by atoms with van der Waals surface area (Å²) in [6.07, 6.45) is 0. The van der Waals surface area contributed by atoms with Gasteiger partial charge >= 0.3 is 0 Å². The Bertz CT molecular complexity index is 993. The number of benzene rings is 2. The summed E-state index contributed by atoms with van der Waals surface area (Å²) in [5.74, 6) is -0.420. The Morgan fingerprint density at radius 1 is 1.04 bits per heavy atom. The molecule has 3 rings (SSSR count). The summed E-state index contributed by atoms with van der Waals surface area (Å²) in [5.41, 5.74) is 3.03. The number of rotatable bonds is 4. The molecule has 0 fully saturated rings. The molecule has 0 aliphatic heterocycles. The van der Waals surface area contributed by atoms with E-state index in [1.807, 2.05) is 41.8 Å². The largest absolute Gasteiger partial charge is 0.344 e. The zero-order valence-corrected chi connectivity index (χ0v) is 15.4. The second-order valence-corrected chi connectivity index (χ2v) is 6.58. The van der Waals surface area contributed by atoms with Crippen LogP contribution in [0.2, 0.25) is 5.02 Å². The Morgan fingerprint density at radius 2 is 1.69 bits per heavy atom. The fourth-order valence-electron chi connectivity index (χ4n) is 2.93. The highest BCUT2D eigenvalue weighted by Gasteiger charge is 2.18. The van der Waals surface area contributed by atoms with Gasteiger partial charge in [0.25, 0.3) is 5.91 Å². The standard InChI is InChI=1S/C21H19ClN2O2/c1-14-12-19(25)20(21(26)23-18-10-8-17(22)9-11-18)15(2)24(14)13-16-6-4-3-5-7-16/h3-12H,13H2,1-2H3,(H,23,26). The Kier molecular flexibility index (Phi) is 5.24. The van der Waals surface area contributed by atoms with E-state index >= 15 is 0 Å². The summed E-state index contributed by atoms with van der Waals surface area (Å²) in [7, 11) is 0. The molecule has 1 aromatic heterocycles. The van der Waals surface area contributed by atoms with E-state index in [1.165, 1.54) is 6.07 Å². The molecule has 1 amide bonds. The van der Waals surface area contributed by atoms with Gasteiger partial charge in [-0.15, -0.1) is 0 Å². The number of carbonyl (C=O) groups is 1. The minimum atomic E-state index is -0.420. The van der Waals surface area contributed by atoms with Crippen LogP contribution in [0.25, 0.3) is 0 Å². The summed E-state index contributed by atoms with van der Waals surface area (Å²) >= 11 is 5.86. The predicted octanol–water partition coefficient (Wildman–Crippen LogP) is 4.42. The minimum absolute atomic E-state index is 0.154. The molecular formula is C21H19ClN2O2. The first-order valence-electron chi connectivity index (χ1n) is 8.27. The molecule has 0 bridgehead atoms. The predicted molar refractivity (Wildman–Crippen MR) is 105 cm³/mol. The van der Waals surface area contributed by atoms with E-state index in [9.17, 15) is 9.59 Å². The first-order valence-corrected chi connectivity index (χ1v) is 8.65. The molecule has 0 saturated heterocycles. The molecule has 0 aliphatic carbocycles. The lowest BCUT2D eigenvalue weighted by atomic mass is 10.1. The van der Waals surface area contributed by atoms with Crippen LogP contribution in [-0.2, 0) is 6.54 Å². The fourth-order valence-corrected chi connectivity index (χ4v) is 3.06. The number of nitrogens with zero attached hydrogens (tertiary/aromatic N) is 1. The van der Waals surface area contributed by atoms with Crippen LogP contribution in [0.3, 0.4) is 0 Å². The molecule has 132 valence electrons. The summed E-state index contributed by atoms with van der Waals surface area (Å²) < 4.78 is 1.98. The number of hydrogen-bond acceptors (Lipinski definition) is 2. The summed E-state index contributed by atoms with van der Waals surface area (Å²) in [4.78, 5) is 25.2. The maximum absolute atomic E-state index is 12.7. The lowest BCUT2D eigenvalue weighted by molar-refractivity contribution is 0.102. The fraction of sp³-hybridized carbons (Fsp3) is 0.143. The van der Waals surface area contributed by atoms with Crippen molar-refractivity contribution >= 4 is 23.2 Å². The van der Waals surface area contributed by atoms with Crippen molar-refractivity contribution in [2.45, 2.75) is 20.4 Å². The molecule has 0 unspecified atom stereocenters. The van der Waals surface area contributed by atoms with Crippen molar-refractivity contribution in [1.82, 2.24) is 4.57 Å². The van der Waals surface area contributed by atoms with E-state index in [1.54, 1.807) is 31.2 Å². The highest BCUT2D eigenvalue weighted by Crippen LogP contribution is 2.16. The molecule has 0 radical (unpaired) electrons.